The summed E-state index contributed by atoms with van der Waals surface area (Å²) in [5.41, 5.74) is 7.10. The first-order chi connectivity index (χ1) is 10.7. The second-order valence-corrected chi connectivity index (χ2v) is 7.90. The lowest BCUT2D eigenvalue weighted by Gasteiger charge is -2.23. The first-order valence-electron chi connectivity index (χ1n) is 7.19. The number of ether oxygens (including phenoxy) is 1. The second kappa shape index (κ2) is 6.57. The third-order valence-electron chi connectivity index (χ3n) is 4.02. The van der Waals surface area contributed by atoms with E-state index in [0.717, 1.165) is 5.56 Å². The van der Waals surface area contributed by atoms with Crippen LogP contribution in [0, 0.1) is 6.92 Å². The molecule has 0 unspecified atom stereocenters. The number of carbonyl (C=O) groups is 2. The smallest absolute Gasteiger partial charge is 0.340 e. The highest BCUT2D eigenvalue weighted by atomic mass is 32.2. The summed E-state index contributed by atoms with van der Waals surface area (Å²) in [4.78, 5) is 25.4. The van der Waals surface area contributed by atoms with Gasteiger partial charge < -0.3 is 15.4 Å². The predicted octanol–water partition coefficient (Wildman–Crippen LogP) is 0.380. The van der Waals surface area contributed by atoms with Crippen molar-refractivity contribution in [3.8, 4) is 0 Å². The van der Waals surface area contributed by atoms with Gasteiger partial charge in [-0.1, -0.05) is 12.1 Å². The summed E-state index contributed by atoms with van der Waals surface area (Å²) in [6, 6.07) is 4.61. The van der Waals surface area contributed by atoms with Crippen LogP contribution in [-0.4, -0.2) is 56.4 Å². The Bertz CT molecular complexity index is 729. The number of amides is 1. The fraction of sp³-hybridized carbons (Fsp3) is 0.467. The summed E-state index contributed by atoms with van der Waals surface area (Å²) < 4.78 is 27.9. The number of carbonyl (C=O) groups excluding carboxylic acids is 2. The van der Waals surface area contributed by atoms with Gasteiger partial charge in [0.05, 0.1) is 17.1 Å². The molecule has 0 saturated carbocycles. The fourth-order valence-corrected chi connectivity index (χ4v) is 4.22. The number of hydrogen-bond donors (Lipinski definition) is 1. The highest BCUT2D eigenvalue weighted by Gasteiger charge is 2.33. The third-order valence-corrected chi connectivity index (χ3v) is 5.77. The van der Waals surface area contributed by atoms with Crippen LogP contribution in [0.3, 0.4) is 0 Å². The van der Waals surface area contributed by atoms with Gasteiger partial charge in [-0.15, -0.1) is 0 Å². The van der Waals surface area contributed by atoms with Gasteiger partial charge in [-0.25, -0.2) is 13.2 Å². The number of rotatable bonds is 4. The molecule has 8 heteroatoms. The Morgan fingerprint density at radius 1 is 1.39 bits per heavy atom. The van der Waals surface area contributed by atoms with Crippen molar-refractivity contribution in [3.63, 3.8) is 0 Å². The molecule has 2 N–H and O–H groups in total. The number of nitrogens with two attached hydrogens (primary N) is 1. The van der Waals surface area contributed by atoms with E-state index in [4.69, 9.17) is 10.5 Å². The van der Waals surface area contributed by atoms with Crippen molar-refractivity contribution in [3.05, 3.63) is 29.3 Å². The van der Waals surface area contributed by atoms with E-state index in [1.807, 2.05) is 0 Å². The lowest BCUT2D eigenvalue weighted by molar-refractivity contribution is -0.134. The van der Waals surface area contributed by atoms with Gasteiger partial charge in [0.15, 0.2) is 16.4 Å². The number of hydrogen-bond acceptors (Lipinski definition) is 6. The maximum Gasteiger partial charge on any atom is 0.340 e. The Morgan fingerprint density at radius 2 is 2.09 bits per heavy atom. The molecule has 1 aliphatic heterocycles. The zero-order valence-corrected chi connectivity index (χ0v) is 13.9. The van der Waals surface area contributed by atoms with Crippen molar-refractivity contribution < 1.29 is 22.7 Å². The molecular weight excluding hydrogens is 320 g/mol. The van der Waals surface area contributed by atoms with Crippen LogP contribution in [-0.2, 0) is 19.4 Å². The van der Waals surface area contributed by atoms with Crippen molar-refractivity contribution in [1.29, 1.82) is 0 Å². The highest BCUT2D eigenvalue weighted by Crippen LogP contribution is 2.18. The number of sulfone groups is 1. The van der Waals surface area contributed by atoms with Gasteiger partial charge in [-0.05, 0) is 25.0 Å². The molecule has 1 heterocycles. The Kier molecular flexibility index (Phi) is 4.93. The normalized spacial score (nSPS) is 19.3. The van der Waals surface area contributed by atoms with Crippen molar-refractivity contribution in [2.75, 3.05) is 30.9 Å². The lowest BCUT2D eigenvalue weighted by Crippen LogP contribution is -2.40. The minimum Gasteiger partial charge on any atom is -0.452 e. The molecule has 1 saturated heterocycles. The molecule has 1 amide bonds. The topological polar surface area (TPSA) is 107 Å². The van der Waals surface area contributed by atoms with Gasteiger partial charge in [-0.2, -0.15) is 0 Å². The summed E-state index contributed by atoms with van der Waals surface area (Å²) in [6.45, 7) is 1.32. The van der Waals surface area contributed by atoms with Crippen molar-refractivity contribution >= 4 is 27.4 Å². The Hall–Kier alpha value is -2.09. The first-order valence-corrected chi connectivity index (χ1v) is 9.01. The standard InChI is InChI=1S/C15H20N2O5S/c1-10-4-3-5-12(14(10)16)15(19)22-8-13(18)17(2)11-6-7-23(20,21)9-11/h3-5,11H,6-9,16H2,1-2H3/t11-/m1/s1. The van der Waals surface area contributed by atoms with Crippen LogP contribution >= 0.6 is 0 Å². The quantitative estimate of drug-likeness (QED) is 0.627. The van der Waals surface area contributed by atoms with Gasteiger partial charge >= 0.3 is 5.97 Å². The average molecular weight is 340 g/mol. The van der Waals surface area contributed by atoms with Gasteiger partial charge in [0.25, 0.3) is 5.91 Å². The van der Waals surface area contributed by atoms with E-state index in [2.05, 4.69) is 0 Å². The number of nitrogen functional groups attached to an aromatic ring is 1. The average Bonchev–Trinajstić information content (AvgIpc) is 2.86. The van der Waals surface area contributed by atoms with Crippen LogP contribution in [0.15, 0.2) is 18.2 Å². The minimum absolute atomic E-state index is 0.0476. The summed E-state index contributed by atoms with van der Waals surface area (Å²) in [5, 5.41) is 0. The number of para-hydroxylation sites is 1. The molecule has 23 heavy (non-hydrogen) atoms. The van der Waals surface area contributed by atoms with Crippen LogP contribution in [0.4, 0.5) is 5.69 Å². The molecule has 1 fully saturated rings. The van der Waals surface area contributed by atoms with E-state index in [-0.39, 0.29) is 23.1 Å². The van der Waals surface area contributed by atoms with Gasteiger partial charge in [-0.3, -0.25) is 4.79 Å². The predicted molar refractivity (Wildman–Crippen MR) is 85.7 cm³/mol. The van der Waals surface area contributed by atoms with E-state index < -0.39 is 28.3 Å². The Balaban J connectivity index is 1.94. The molecule has 1 atom stereocenters. The van der Waals surface area contributed by atoms with Crippen molar-refractivity contribution in [2.45, 2.75) is 19.4 Å². The summed E-state index contributed by atoms with van der Waals surface area (Å²) in [7, 11) is -1.56. The fourth-order valence-electron chi connectivity index (χ4n) is 2.45. The molecule has 0 bridgehead atoms. The van der Waals surface area contributed by atoms with Crippen LogP contribution in [0.1, 0.15) is 22.3 Å². The van der Waals surface area contributed by atoms with Crippen LogP contribution in [0.25, 0.3) is 0 Å². The maximum atomic E-state index is 12.1. The number of aryl methyl sites for hydroxylation is 1. The molecule has 126 valence electrons. The summed E-state index contributed by atoms with van der Waals surface area (Å²) in [5.74, 6) is -1.08. The molecule has 1 aromatic rings. The SMILES string of the molecule is Cc1cccc(C(=O)OCC(=O)N(C)[C@@H]2CCS(=O)(=O)C2)c1N. The minimum atomic E-state index is -3.08. The lowest BCUT2D eigenvalue weighted by atomic mass is 10.1. The Morgan fingerprint density at radius 3 is 2.70 bits per heavy atom. The van der Waals surface area contributed by atoms with Crippen LogP contribution < -0.4 is 5.73 Å². The third kappa shape index (κ3) is 4.01. The molecular formula is C15H20N2O5S. The van der Waals surface area contributed by atoms with Crippen LogP contribution in [0.2, 0.25) is 0 Å². The molecule has 7 nitrogen and oxygen atoms in total. The monoisotopic (exact) mass is 340 g/mol. The zero-order chi connectivity index (χ0) is 17.2. The van der Waals surface area contributed by atoms with Crippen molar-refractivity contribution in [2.24, 2.45) is 0 Å². The van der Waals surface area contributed by atoms with Crippen LogP contribution in [0.5, 0.6) is 0 Å². The zero-order valence-electron chi connectivity index (χ0n) is 13.1. The number of anilines is 1. The second-order valence-electron chi connectivity index (χ2n) is 5.67. The highest BCUT2D eigenvalue weighted by molar-refractivity contribution is 7.91. The number of esters is 1. The van der Waals surface area contributed by atoms with E-state index in [0.29, 0.717) is 12.1 Å². The number of benzene rings is 1. The van der Waals surface area contributed by atoms with Crippen molar-refractivity contribution in [1.82, 2.24) is 4.90 Å². The maximum absolute atomic E-state index is 12.1. The Labute approximate surface area is 135 Å². The molecule has 2 rings (SSSR count). The summed E-state index contributed by atoms with van der Waals surface area (Å²) >= 11 is 0. The van der Waals surface area contributed by atoms with E-state index in [1.54, 1.807) is 19.1 Å². The van der Waals surface area contributed by atoms with Gasteiger partial charge in [0, 0.05) is 18.8 Å². The number of likely N-dealkylation sites (N-methyl/N-ethyl adjacent to an activating group) is 1. The molecule has 0 radical (unpaired) electrons. The molecule has 1 aliphatic rings. The van der Waals surface area contributed by atoms with Gasteiger partial charge in [0.2, 0.25) is 0 Å². The first kappa shape index (κ1) is 17.3. The van der Waals surface area contributed by atoms with E-state index in [1.165, 1.54) is 18.0 Å². The molecule has 0 spiro atoms. The van der Waals surface area contributed by atoms with E-state index >= 15 is 0 Å². The molecule has 1 aromatic carbocycles. The number of nitrogens with zero attached hydrogens (tertiary/aromatic N) is 1. The molecule has 0 aromatic heterocycles. The van der Waals surface area contributed by atoms with Gasteiger partial charge in [0.1, 0.15) is 0 Å². The largest absolute Gasteiger partial charge is 0.452 e. The van der Waals surface area contributed by atoms with E-state index in [9.17, 15) is 18.0 Å². The summed E-state index contributed by atoms with van der Waals surface area (Å²) in [6.07, 6.45) is 0.406. The molecule has 0 aliphatic carbocycles.